The van der Waals surface area contributed by atoms with E-state index in [1.54, 1.807) is 11.9 Å². The van der Waals surface area contributed by atoms with Gasteiger partial charge in [-0.3, -0.25) is 13.9 Å². The van der Waals surface area contributed by atoms with Crippen molar-refractivity contribution >= 4 is 34.7 Å². The molecule has 0 saturated heterocycles. The van der Waals surface area contributed by atoms with E-state index in [1.807, 2.05) is 24.0 Å². The van der Waals surface area contributed by atoms with E-state index < -0.39 is 0 Å². The maximum atomic E-state index is 4.89. The molecule has 0 saturated carbocycles. The normalized spacial score (nSPS) is 14.1. The number of thioether (sulfide) groups is 1. The van der Waals surface area contributed by atoms with Crippen molar-refractivity contribution in [3.63, 3.8) is 0 Å². The Balaban J connectivity index is 1.32. The van der Waals surface area contributed by atoms with Crippen LogP contribution in [-0.2, 0) is 13.0 Å². The third-order valence-corrected chi connectivity index (χ3v) is 7.82. The fourth-order valence-electron chi connectivity index (χ4n) is 4.27. The van der Waals surface area contributed by atoms with Crippen molar-refractivity contribution in [3.8, 4) is 11.5 Å². The molecule has 158 valence electrons. The number of nitrogens with zero attached hydrogens (tertiary/aromatic N) is 4. The molecule has 0 aliphatic carbocycles. The van der Waals surface area contributed by atoms with Crippen LogP contribution in [0.4, 0.5) is 0 Å². The van der Waals surface area contributed by atoms with E-state index >= 15 is 0 Å². The Labute approximate surface area is 192 Å². The Morgan fingerprint density at radius 3 is 2.68 bits per heavy atom. The van der Waals surface area contributed by atoms with Crippen molar-refractivity contribution in [3.05, 3.63) is 77.5 Å². The highest BCUT2D eigenvalue weighted by Gasteiger charge is 2.18. The first-order valence-electron chi connectivity index (χ1n) is 10.6. The number of aromatic nitrogens is 3. The summed E-state index contributed by atoms with van der Waals surface area (Å²) in [6.07, 6.45) is 5.16. The molecule has 0 fully saturated rings. The highest BCUT2D eigenvalue weighted by molar-refractivity contribution is 7.99. The highest BCUT2D eigenvalue weighted by atomic mass is 32.2. The fourth-order valence-corrected chi connectivity index (χ4v) is 5.96. The van der Waals surface area contributed by atoms with E-state index in [0.717, 1.165) is 54.4 Å². The van der Waals surface area contributed by atoms with Gasteiger partial charge in [0.15, 0.2) is 5.82 Å². The van der Waals surface area contributed by atoms with Gasteiger partial charge in [-0.05, 0) is 60.2 Å². The molecule has 31 heavy (non-hydrogen) atoms. The lowest BCUT2D eigenvalue weighted by Gasteiger charge is -2.28. The summed E-state index contributed by atoms with van der Waals surface area (Å²) in [7, 11) is 0. The molecule has 0 bridgehead atoms. The fraction of sp³-hybridized carbons (Fsp3) is 0.280. The van der Waals surface area contributed by atoms with Gasteiger partial charge in [0, 0.05) is 42.7 Å². The van der Waals surface area contributed by atoms with Crippen molar-refractivity contribution in [2.45, 2.75) is 24.8 Å². The molecule has 5 rings (SSSR count). The lowest BCUT2D eigenvalue weighted by Crippen LogP contribution is -2.32. The summed E-state index contributed by atoms with van der Waals surface area (Å²) in [5, 5.41) is 0. The van der Waals surface area contributed by atoms with E-state index in [9.17, 15) is 0 Å². The number of imidazole rings is 1. The number of hydrogen-bond acceptors (Lipinski definition) is 5. The second-order valence-electron chi connectivity index (χ2n) is 7.83. The van der Waals surface area contributed by atoms with Crippen molar-refractivity contribution in [2.75, 3.05) is 25.1 Å². The smallest absolute Gasteiger partial charge is 0.170 e. The van der Waals surface area contributed by atoms with Crippen molar-refractivity contribution in [1.82, 2.24) is 18.8 Å². The molecule has 0 N–H and O–H groups in total. The Morgan fingerprint density at radius 2 is 1.81 bits per heavy atom. The third-order valence-electron chi connectivity index (χ3n) is 5.94. The highest BCUT2D eigenvalue weighted by Crippen LogP contribution is 2.33. The molecule has 4 aromatic rings. The maximum Gasteiger partial charge on any atom is 0.170 e. The minimum Gasteiger partial charge on any atom is -0.298 e. The van der Waals surface area contributed by atoms with Crippen LogP contribution in [0.2, 0.25) is 0 Å². The first-order valence-corrected chi connectivity index (χ1v) is 12.8. The summed E-state index contributed by atoms with van der Waals surface area (Å²) in [6.45, 7) is 5.48. The maximum absolute atomic E-state index is 4.89. The minimum absolute atomic E-state index is 0.932. The first-order chi connectivity index (χ1) is 15.2. The zero-order valence-electron chi connectivity index (χ0n) is 17.9. The molecule has 0 unspecified atom stereocenters. The van der Waals surface area contributed by atoms with Gasteiger partial charge in [0.25, 0.3) is 0 Å². The van der Waals surface area contributed by atoms with Crippen LogP contribution in [-0.4, -0.2) is 43.9 Å². The van der Waals surface area contributed by atoms with Gasteiger partial charge in [-0.15, -0.1) is 11.8 Å². The van der Waals surface area contributed by atoms with Gasteiger partial charge >= 0.3 is 0 Å². The summed E-state index contributed by atoms with van der Waals surface area (Å²) >= 11 is 3.60. The Morgan fingerprint density at radius 1 is 1.00 bits per heavy atom. The van der Waals surface area contributed by atoms with Crippen LogP contribution in [0.5, 0.6) is 0 Å². The molecule has 2 aromatic carbocycles. The van der Waals surface area contributed by atoms with Crippen LogP contribution in [0.3, 0.4) is 0 Å². The number of pyridine rings is 1. The topological polar surface area (TPSA) is 34.0 Å². The van der Waals surface area contributed by atoms with Gasteiger partial charge in [0.1, 0.15) is 5.69 Å². The molecule has 0 spiro atoms. The summed E-state index contributed by atoms with van der Waals surface area (Å²) in [4.78, 5) is 13.5. The van der Waals surface area contributed by atoms with E-state index in [2.05, 4.69) is 70.6 Å². The molecular weight excluding hydrogens is 420 g/mol. The molecule has 0 amide bonds. The van der Waals surface area contributed by atoms with Gasteiger partial charge in [-0.25, -0.2) is 4.98 Å². The molecule has 2 aromatic heterocycles. The Hall–Kier alpha value is -2.28. The molecule has 1 aliphatic rings. The third kappa shape index (κ3) is 4.12. The lowest BCUT2D eigenvalue weighted by atomic mass is 10.0. The van der Waals surface area contributed by atoms with E-state index in [4.69, 9.17) is 9.97 Å². The molecule has 0 radical (unpaired) electrons. The summed E-state index contributed by atoms with van der Waals surface area (Å²) < 4.78 is 2.18. The summed E-state index contributed by atoms with van der Waals surface area (Å²) in [5.41, 5.74) is 7.32. The molecule has 1 aliphatic heterocycles. The van der Waals surface area contributed by atoms with Crippen molar-refractivity contribution < 1.29 is 0 Å². The zero-order chi connectivity index (χ0) is 21.2. The van der Waals surface area contributed by atoms with Crippen LogP contribution >= 0.6 is 23.7 Å². The number of benzene rings is 2. The molecular formula is C25H26N4S2. The molecule has 6 heteroatoms. The van der Waals surface area contributed by atoms with Crippen molar-refractivity contribution in [2.24, 2.45) is 0 Å². The summed E-state index contributed by atoms with van der Waals surface area (Å²) in [6, 6.07) is 19.3. The molecule has 3 heterocycles. The number of hydrogen-bond donors (Lipinski definition) is 0. The van der Waals surface area contributed by atoms with Gasteiger partial charge in [0.2, 0.25) is 0 Å². The quantitative estimate of drug-likeness (QED) is 0.356. The van der Waals surface area contributed by atoms with Crippen LogP contribution in [0.1, 0.15) is 16.7 Å². The largest absolute Gasteiger partial charge is 0.298 e. The number of rotatable bonds is 6. The first kappa shape index (κ1) is 20.6. The van der Waals surface area contributed by atoms with Gasteiger partial charge < -0.3 is 0 Å². The predicted molar refractivity (Wildman–Crippen MR) is 133 cm³/mol. The monoisotopic (exact) mass is 446 g/mol. The van der Waals surface area contributed by atoms with Gasteiger partial charge in [0.05, 0.1) is 11.0 Å². The Kier molecular flexibility index (Phi) is 6.03. The lowest BCUT2D eigenvalue weighted by molar-refractivity contribution is 0.270. The van der Waals surface area contributed by atoms with Crippen LogP contribution in [0, 0.1) is 6.92 Å². The zero-order valence-corrected chi connectivity index (χ0v) is 19.5. The van der Waals surface area contributed by atoms with E-state index in [0.29, 0.717) is 0 Å². The van der Waals surface area contributed by atoms with Crippen LogP contribution in [0.25, 0.3) is 22.6 Å². The SMILES string of the molecule is CSn1c(-c2nccc(SCCN3CCc4ccccc4C3)c2C)nc2ccccc21. The average Bonchev–Trinajstić information content (AvgIpc) is 3.18. The van der Waals surface area contributed by atoms with E-state index in [-0.39, 0.29) is 0 Å². The minimum atomic E-state index is 0.932. The molecule has 0 atom stereocenters. The van der Waals surface area contributed by atoms with E-state index in [1.165, 1.54) is 21.6 Å². The standard InChI is InChI=1S/C25H26N4S2/c1-18-23(31-16-15-28-14-12-19-7-3-4-8-20(19)17-28)11-13-26-24(18)25-27-21-9-5-6-10-22(21)29(25)30-2/h3-11,13H,12,14-17H2,1-2H3. The second-order valence-corrected chi connectivity index (χ2v) is 9.69. The van der Waals surface area contributed by atoms with Gasteiger partial charge in [-0.2, -0.15) is 0 Å². The van der Waals surface area contributed by atoms with Crippen molar-refractivity contribution in [1.29, 1.82) is 0 Å². The van der Waals surface area contributed by atoms with Crippen LogP contribution in [0.15, 0.2) is 65.7 Å². The number of para-hydroxylation sites is 2. The second kappa shape index (κ2) is 9.07. The predicted octanol–water partition coefficient (Wildman–Crippen LogP) is 5.68. The van der Waals surface area contributed by atoms with Gasteiger partial charge in [-0.1, -0.05) is 36.4 Å². The molecule has 4 nitrogen and oxygen atoms in total. The average molecular weight is 447 g/mol. The summed E-state index contributed by atoms with van der Waals surface area (Å²) in [5.74, 6) is 2.01. The number of fused-ring (bicyclic) bond motifs is 2. The Bertz CT molecular complexity index is 1220. The van der Waals surface area contributed by atoms with Crippen LogP contribution < -0.4 is 0 Å².